The van der Waals surface area contributed by atoms with Crippen LogP contribution in [0.2, 0.25) is 0 Å². The van der Waals surface area contributed by atoms with Crippen LogP contribution in [0.15, 0.2) is 15.6 Å². The van der Waals surface area contributed by atoms with Gasteiger partial charge >= 0.3 is 0 Å². The van der Waals surface area contributed by atoms with E-state index < -0.39 is 0 Å². The molecule has 0 aromatic carbocycles. The molecule has 124 valence electrons. The fourth-order valence-corrected chi connectivity index (χ4v) is 2.28. The zero-order valence-electron chi connectivity index (χ0n) is 13.9. The number of morpholine rings is 1. The number of hydrogen-bond acceptors (Lipinski definition) is 5. The Morgan fingerprint density at radius 3 is 2.95 bits per heavy atom. The highest BCUT2D eigenvalue weighted by Gasteiger charge is 2.17. The summed E-state index contributed by atoms with van der Waals surface area (Å²) in [5.41, 5.74) is 0.971. The molecular formula is C15H27N5O2. The van der Waals surface area contributed by atoms with Crippen LogP contribution in [0.5, 0.6) is 0 Å². The van der Waals surface area contributed by atoms with Crippen molar-refractivity contribution in [2.75, 3.05) is 40.3 Å². The van der Waals surface area contributed by atoms with Crippen LogP contribution in [-0.4, -0.2) is 62.5 Å². The molecule has 1 atom stereocenters. The zero-order chi connectivity index (χ0) is 15.9. The van der Waals surface area contributed by atoms with Gasteiger partial charge in [-0.15, -0.1) is 0 Å². The summed E-state index contributed by atoms with van der Waals surface area (Å²) in [5, 5.41) is 10.6. The summed E-state index contributed by atoms with van der Waals surface area (Å²) in [6, 6.07) is 1.98. The highest BCUT2D eigenvalue weighted by atomic mass is 16.5. The first-order valence-corrected chi connectivity index (χ1v) is 7.78. The van der Waals surface area contributed by atoms with E-state index in [0.717, 1.165) is 43.7 Å². The summed E-state index contributed by atoms with van der Waals surface area (Å²) >= 11 is 0. The van der Waals surface area contributed by atoms with Crippen molar-refractivity contribution in [1.82, 2.24) is 20.7 Å². The van der Waals surface area contributed by atoms with Crippen molar-refractivity contribution in [3.8, 4) is 0 Å². The van der Waals surface area contributed by atoms with E-state index in [0.29, 0.717) is 12.5 Å². The molecule has 0 aliphatic carbocycles. The highest BCUT2D eigenvalue weighted by Crippen LogP contribution is 2.13. The van der Waals surface area contributed by atoms with Crippen LogP contribution < -0.4 is 10.6 Å². The topological polar surface area (TPSA) is 74.9 Å². The number of nitrogens with one attached hydrogen (secondary N) is 2. The molecule has 0 amide bonds. The summed E-state index contributed by atoms with van der Waals surface area (Å²) in [5.74, 6) is 1.91. The molecular weight excluding hydrogens is 282 g/mol. The maximum Gasteiger partial charge on any atom is 0.191 e. The number of aliphatic imine (C=N–C) groups is 1. The monoisotopic (exact) mass is 309 g/mol. The lowest BCUT2D eigenvalue weighted by Gasteiger charge is -2.30. The van der Waals surface area contributed by atoms with E-state index >= 15 is 0 Å². The Morgan fingerprint density at radius 2 is 2.32 bits per heavy atom. The minimum atomic E-state index is 0.190. The number of rotatable bonds is 5. The van der Waals surface area contributed by atoms with Crippen LogP contribution in [0.25, 0.3) is 0 Å². The van der Waals surface area contributed by atoms with Gasteiger partial charge in [-0.2, -0.15) is 0 Å². The molecule has 1 aliphatic rings. The van der Waals surface area contributed by atoms with E-state index in [2.05, 4.69) is 46.6 Å². The highest BCUT2D eigenvalue weighted by molar-refractivity contribution is 5.79. The number of hydrogen-bond donors (Lipinski definition) is 2. The summed E-state index contributed by atoms with van der Waals surface area (Å²) in [6.07, 6.45) is 0.190. The van der Waals surface area contributed by atoms with Crippen molar-refractivity contribution in [2.45, 2.75) is 32.4 Å². The third-order valence-electron chi connectivity index (χ3n) is 3.66. The molecule has 2 heterocycles. The Kier molecular flexibility index (Phi) is 6.21. The second-order valence-corrected chi connectivity index (χ2v) is 5.93. The van der Waals surface area contributed by atoms with E-state index in [1.165, 1.54) is 0 Å². The molecule has 0 spiro atoms. The lowest BCUT2D eigenvalue weighted by molar-refractivity contribution is -0.0161. The average molecular weight is 309 g/mol. The maximum absolute atomic E-state index is 5.72. The third-order valence-corrected chi connectivity index (χ3v) is 3.66. The predicted octanol–water partition coefficient (Wildman–Crippen LogP) is 0.794. The predicted molar refractivity (Wildman–Crippen MR) is 86.0 cm³/mol. The van der Waals surface area contributed by atoms with Gasteiger partial charge in [0.15, 0.2) is 11.7 Å². The van der Waals surface area contributed by atoms with Crippen LogP contribution in [-0.2, 0) is 11.3 Å². The van der Waals surface area contributed by atoms with Crippen LogP contribution in [0.3, 0.4) is 0 Å². The van der Waals surface area contributed by atoms with Crippen LogP contribution in [0.4, 0.5) is 0 Å². The van der Waals surface area contributed by atoms with Gasteiger partial charge in [-0.25, -0.2) is 0 Å². The van der Waals surface area contributed by atoms with E-state index in [9.17, 15) is 0 Å². The second-order valence-electron chi connectivity index (χ2n) is 5.93. The quantitative estimate of drug-likeness (QED) is 0.619. The van der Waals surface area contributed by atoms with Crippen LogP contribution in [0.1, 0.15) is 31.2 Å². The number of guanidine groups is 1. The number of aromatic nitrogens is 1. The molecule has 1 unspecified atom stereocenters. The first-order valence-electron chi connectivity index (χ1n) is 7.78. The molecule has 1 aliphatic heterocycles. The Labute approximate surface area is 132 Å². The smallest absolute Gasteiger partial charge is 0.191 e. The molecule has 7 heteroatoms. The fourth-order valence-electron chi connectivity index (χ4n) is 2.28. The normalized spacial score (nSPS) is 20.4. The van der Waals surface area contributed by atoms with E-state index in [-0.39, 0.29) is 6.10 Å². The van der Waals surface area contributed by atoms with Gasteiger partial charge in [-0.3, -0.25) is 4.99 Å². The fraction of sp³-hybridized carbons (Fsp3) is 0.733. The Morgan fingerprint density at radius 1 is 1.50 bits per heavy atom. The van der Waals surface area contributed by atoms with Crippen molar-refractivity contribution in [3.63, 3.8) is 0 Å². The first kappa shape index (κ1) is 16.8. The molecule has 0 radical (unpaired) electrons. The molecule has 2 rings (SSSR count). The Balaban J connectivity index is 1.74. The van der Waals surface area contributed by atoms with Crippen molar-refractivity contribution >= 4 is 5.96 Å². The minimum absolute atomic E-state index is 0.190. The van der Waals surface area contributed by atoms with Gasteiger partial charge in [0.25, 0.3) is 0 Å². The molecule has 7 nitrogen and oxygen atoms in total. The summed E-state index contributed by atoms with van der Waals surface area (Å²) in [4.78, 5) is 6.48. The molecule has 0 saturated carbocycles. The van der Waals surface area contributed by atoms with Crippen LogP contribution in [0, 0.1) is 0 Å². The van der Waals surface area contributed by atoms with Gasteiger partial charge in [0.1, 0.15) is 0 Å². The van der Waals surface area contributed by atoms with Gasteiger partial charge in [0, 0.05) is 32.7 Å². The second kappa shape index (κ2) is 8.14. The first-order chi connectivity index (χ1) is 10.6. The maximum atomic E-state index is 5.72. The summed E-state index contributed by atoms with van der Waals surface area (Å²) < 4.78 is 11.0. The van der Waals surface area contributed by atoms with Crippen molar-refractivity contribution in [1.29, 1.82) is 0 Å². The number of likely N-dealkylation sites (N-methyl/N-ethyl adjacent to an activating group) is 1. The van der Waals surface area contributed by atoms with Crippen molar-refractivity contribution in [2.24, 2.45) is 4.99 Å². The largest absolute Gasteiger partial charge is 0.374 e. The lowest BCUT2D eigenvalue weighted by atomic mass is 10.1. The molecule has 22 heavy (non-hydrogen) atoms. The number of ether oxygens (including phenoxy) is 1. The third kappa shape index (κ3) is 4.99. The molecule has 1 aromatic heterocycles. The van der Waals surface area contributed by atoms with Gasteiger partial charge in [-0.1, -0.05) is 19.0 Å². The molecule has 1 saturated heterocycles. The van der Waals surface area contributed by atoms with E-state index in [1.54, 1.807) is 7.05 Å². The minimum Gasteiger partial charge on any atom is -0.374 e. The Hall–Kier alpha value is -1.60. The van der Waals surface area contributed by atoms with Gasteiger partial charge in [0.2, 0.25) is 0 Å². The summed E-state index contributed by atoms with van der Waals surface area (Å²) in [7, 11) is 3.86. The molecule has 2 N–H and O–H groups in total. The van der Waals surface area contributed by atoms with Crippen LogP contribution >= 0.6 is 0 Å². The molecule has 0 bridgehead atoms. The summed E-state index contributed by atoms with van der Waals surface area (Å²) in [6.45, 7) is 8.19. The zero-order valence-corrected chi connectivity index (χ0v) is 13.9. The van der Waals surface area contributed by atoms with Crippen molar-refractivity contribution in [3.05, 3.63) is 17.5 Å². The van der Waals surface area contributed by atoms with Gasteiger partial charge in [0.05, 0.1) is 24.9 Å². The molecule has 1 fully saturated rings. The standard InChI is InChI=1S/C15H27N5O2/c1-11(2)14-7-12(22-19-14)8-17-15(16-3)18-9-13-10-20(4)5-6-21-13/h7,11,13H,5-6,8-10H2,1-4H3,(H2,16,17,18). The van der Waals surface area contributed by atoms with E-state index in [1.807, 2.05) is 6.07 Å². The van der Waals surface area contributed by atoms with Gasteiger partial charge in [-0.05, 0) is 13.0 Å². The van der Waals surface area contributed by atoms with E-state index in [4.69, 9.17) is 9.26 Å². The lowest BCUT2D eigenvalue weighted by Crippen LogP contribution is -2.48. The SMILES string of the molecule is CN=C(NCc1cc(C(C)C)no1)NCC1CN(C)CCO1. The Bertz CT molecular complexity index is 486. The van der Waals surface area contributed by atoms with Crippen molar-refractivity contribution < 1.29 is 9.26 Å². The number of nitrogens with zero attached hydrogens (tertiary/aromatic N) is 3. The average Bonchev–Trinajstić information content (AvgIpc) is 2.97. The van der Waals surface area contributed by atoms with Gasteiger partial charge < -0.3 is 24.8 Å². The molecule has 1 aromatic rings.